The van der Waals surface area contributed by atoms with E-state index in [0.717, 1.165) is 0 Å². The number of hydrogen-bond donors (Lipinski definition) is 2. The van der Waals surface area contributed by atoms with Crippen molar-refractivity contribution < 1.29 is 14.3 Å². The van der Waals surface area contributed by atoms with Gasteiger partial charge in [0.15, 0.2) is 0 Å². The lowest BCUT2D eigenvalue weighted by Gasteiger charge is -2.07. The van der Waals surface area contributed by atoms with Crippen molar-refractivity contribution in [1.82, 2.24) is 5.32 Å². The molecule has 0 unspecified atom stereocenters. The first-order chi connectivity index (χ1) is 9.69. The van der Waals surface area contributed by atoms with E-state index in [1.165, 1.54) is 0 Å². The van der Waals surface area contributed by atoms with Crippen molar-refractivity contribution in [2.45, 2.75) is 13.3 Å². The van der Waals surface area contributed by atoms with E-state index in [-0.39, 0.29) is 0 Å². The summed E-state index contributed by atoms with van der Waals surface area (Å²) in [6, 6.07) is 8.44. The Morgan fingerprint density at radius 2 is 2.05 bits per heavy atom. The van der Waals surface area contributed by atoms with Crippen molar-refractivity contribution in [3.8, 4) is 6.07 Å². The van der Waals surface area contributed by atoms with Gasteiger partial charge in [0, 0.05) is 19.8 Å². The molecule has 0 heterocycles. The van der Waals surface area contributed by atoms with E-state index in [1.54, 1.807) is 24.3 Å². The third-order valence-corrected chi connectivity index (χ3v) is 2.46. The Hall–Kier alpha value is -2.39. The van der Waals surface area contributed by atoms with Gasteiger partial charge in [-0.15, -0.1) is 0 Å². The lowest BCUT2D eigenvalue weighted by molar-refractivity contribution is -0.136. The Labute approximate surface area is 117 Å². The number of rotatable bonds is 6. The number of para-hydroxylation sites is 1. The fourth-order valence-corrected chi connectivity index (χ4v) is 1.47. The zero-order valence-corrected chi connectivity index (χ0v) is 11.3. The van der Waals surface area contributed by atoms with Gasteiger partial charge >= 0.3 is 11.8 Å². The summed E-state index contributed by atoms with van der Waals surface area (Å²) >= 11 is 0. The maximum atomic E-state index is 11.6. The van der Waals surface area contributed by atoms with Gasteiger partial charge in [0.2, 0.25) is 0 Å². The average Bonchev–Trinajstić information content (AvgIpc) is 2.47. The molecule has 1 aromatic carbocycles. The van der Waals surface area contributed by atoms with Gasteiger partial charge in [-0.1, -0.05) is 12.1 Å². The number of amides is 2. The smallest absolute Gasteiger partial charge is 0.313 e. The predicted molar refractivity (Wildman–Crippen MR) is 73.9 cm³/mol. The summed E-state index contributed by atoms with van der Waals surface area (Å²) in [4.78, 5) is 23.2. The molecule has 106 valence electrons. The van der Waals surface area contributed by atoms with E-state index < -0.39 is 11.8 Å². The van der Waals surface area contributed by atoms with Gasteiger partial charge in [-0.05, 0) is 25.5 Å². The topological polar surface area (TPSA) is 91.2 Å². The number of carbonyl (C=O) groups excluding carboxylic acids is 2. The maximum Gasteiger partial charge on any atom is 0.313 e. The van der Waals surface area contributed by atoms with E-state index in [1.807, 2.05) is 13.0 Å². The third-order valence-electron chi connectivity index (χ3n) is 2.46. The lowest BCUT2D eigenvalue weighted by Crippen LogP contribution is -2.36. The van der Waals surface area contributed by atoms with E-state index in [0.29, 0.717) is 37.4 Å². The third kappa shape index (κ3) is 5.08. The zero-order chi connectivity index (χ0) is 14.8. The van der Waals surface area contributed by atoms with Gasteiger partial charge in [0.05, 0.1) is 11.3 Å². The molecular formula is C14H17N3O3. The van der Waals surface area contributed by atoms with Gasteiger partial charge in [-0.2, -0.15) is 5.26 Å². The summed E-state index contributed by atoms with van der Waals surface area (Å²) in [6.45, 7) is 3.42. The quantitative estimate of drug-likeness (QED) is 0.599. The molecule has 0 saturated heterocycles. The van der Waals surface area contributed by atoms with Crippen LogP contribution in [0.3, 0.4) is 0 Å². The Balaban J connectivity index is 2.42. The first-order valence-corrected chi connectivity index (χ1v) is 6.35. The maximum absolute atomic E-state index is 11.6. The van der Waals surface area contributed by atoms with Crippen molar-refractivity contribution in [2.75, 3.05) is 25.1 Å². The Morgan fingerprint density at radius 3 is 2.75 bits per heavy atom. The van der Waals surface area contributed by atoms with Crippen LogP contribution in [-0.2, 0) is 14.3 Å². The molecule has 1 rings (SSSR count). The van der Waals surface area contributed by atoms with Crippen molar-refractivity contribution in [1.29, 1.82) is 5.26 Å². The molecule has 6 nitrogen and oxygen atoms in total. The second-order valence-electron chi connectivity index (χ2n) is 3.92. The normalized spacial score (nSPS) is 9.60. The molecule has 0 aliphatic carbocycles. The van der Waals surface area contributed by atoms with E-state index in [2.05, 4.69) is 10.6 Å². The molecule has 0 saturated carbocycles. The number of nitriles is 1. The standard InChI is InChI=1S/C14H17N3O3/c1-2-20-9-5-8-16-13(18)14(19)17-12-7-4-3-6-11(12)10-15/h3-4,6-7H,2,5,8-9H2,1H3,(H,16,18)(H,17,19). The minimum atomic E-state index is -0.788. The summed E-state index contributed by atoms with van der Waals surface area (Å²) in [5.74, 6) is -1.52. The van der Waals surface area contributed by atoms with Crippen LogP contribution in [0.15, 0.2) is 24.3 Å². The van der Waals surface area contributed by atoms with Gasteiger partial charge in [0.25, 0.3) is 0 Å². The number of nitrogens with one attached hydrogen (secondary N) is 2. The van der Waals surface area contributed by atoms with Crippen LogP contribution in [0.25, 0.3) is 0 Å². The molecule has 1 aromatic rings. The fourth-order valence-electron chi connectivity index (χ4n) is 1.47. The molecule has 20 heavy (non-hydrogen) atoms. The zero-order valence-electron chi connectivity index (χ0n) is 11.3. The predicted octanol–water partition coefficient (Wildman–Crippen LogP) is 1.04. The van der Waals surface area contributed by atoms with E-state index >= 15 is 0 Å². The van der Waals surface area contributed by atoms with Crippen molar-refractivity contribution >= 4 is 17.5 Å². The number of anilines is 1. The molecule has 0 bridgehead atoms. The monoisotopic (exact) mass is 275 g/mol. The number of benzene rings is 1. The van der Waals surface area contributed by atoms with Crippen LogP contribution >= 0.6 is 0 Å². The summed E-state index contributed by atoms with van der Waals surface area (Å²) < 4.78 is 5.11. The van der Waals surface area contributed by atoms with Gasteiger partial charge in [-0.3, -0.25) is 9.59 Å². The molecule has 6 heteroatoms. The highest BCUT2D eigenvalue weighted by Crippen LogP contribution is 2.12. The van der Waals surface area contributed by atoms with Gasteiger partial charge in [0.1, 0.15) is 6.07 Å². The first-order valence-electron chi connectivity index (χ1n) is 6.35. The fraction of sp³-hybridized carbons (Fsp3) is 0.357. The Morgan fingerprint density at radius 1 is 1.30 bits per heavy atom. The van der Waals surface area contributed by atoms with Gasteiger partial charge < -0.3 is 15.4 Å². The number of nitrogens with zero attached hydrogens (tertiary/aromatic N) is 1. The summed E-state index contributed by atoms with van der Waals surface area (Å²) in [5.41, 5.74) is 0.634. The van der Waals surface area contributed by atoms with Crippen molar-refractivity contribution in [2.24, 2.45) is 0 Å². The molecule has 0 aliphatic rings. The van der Waals surface area contributed by atoms with Crippen molar-refractivity contribution in [3.05, 3.63) is 29.8 Å². The SMILES string of the molecule is CCOCCCNC(=O)C(=O)Nc1ccccc1C#N. The van der Waals surface area contributed by atoms with Crippen LogP contribution in [0, 0.1) is 11.3 Å². The molecular weight excluding hydrogens is 258 g/mol. The molecule has 2 amide bonds. The molecule has 0 atom stereocenters. The number of hydrogen-bond acceptors (Lipinski definition) is 4. The molecule has 0 radical (unpaired) electrons. The van der Waals surface area contributed by atoms with Crippen LogP contribution < -0.4 is 10.6 Å². The summed E-state index contributed by atoms with van der Waals surface area (Å²) in [5, 5.41) is 13.8. The lowest BCUT2D eigenvalue weighted by atomic mass is 10.2. The highest BCUT2D eigenvalue weighted by atomic mass is 16.5. The molecule has 0 spiro atoms. The van der Waals surface area contributed by atoms with Gasteiger partial charge in [-0.25, -0.2) is 0 Å². The van der Waals surface area contributed by atoms with Crippen LogP contribution in [0.1, 0.15) is 18.9 Å². The van der Waals surface area contributed by atoms with Crippen LogP contribution in [-0.4, -0.2) is 31.6 Å². The highest BCUT2D eigenvalue weighted by molar-refractivity contribution is 6.39. The number of ether oxygens (including phenoxy) is 1. The molecule has 0 aliphatic heterocycles. The Bertz CT molecular complexity index is 509. The second kappa shape index (κ2) is 8.67. The average molecular weight is 275 g/mol. The molecule has 0 aromatic heterocycles. The first kappa shape index (κ1) is 15.7. The number of carbonyl (C=O) groups is 2. The highest BCUT2D eigenvalue weighted by Gasteiger charge is 2.14. The molecule has 2 N–H and O–H groups in total. The Kier molecular flexibility index (Phi) is 6.79. The van der Waals surface area contributed by atoms with E-state index in [9.17, 15) is 9.59 Å². The molecule has 0 fully saturated rings. The van der Waals surface area contributed by atoms with Crippen molar-refractivity contribution in [3.63, 3.8) is 0 Å². The largest absolute Gasteiger partial charge is 0.382 e. The summed E-state index contributed by atoms with van der Waals surface area (Å²) in [6.07, 6.45) is 0.641. The van der Waals surface area contributed by atoms with Crippen LogP contribution in [0.2, 0.25) is 0 Å². The minimum absolute atomic E-state index is 0.310. The summed E-state index contributed by atoms with van der Waals surface area (Å²) in [7, 11) is 0. The minimum Gasteiger partial charge on any atom is -0.382 e. The van der Waals surface area contributed by atoms with Crippen LogP contribution in [0.5, 0.6) is 0 Å². The second-order valence-corrected chi connectivity index (χ2v) is 3.92. The van der Waals surface area contributed by atoms with E-state index in [4.69, 9.17) is 10.00 Å². The van der Waals surface area contributed by atoms with Crippen LogP contribution in [0.4, 0.5) is 5.69 Å².